The van der Waals surface area contributed by atoms with Crippen molar-refractivity contribution in [3.63, 3.8) is 0 Å². The van der Waals surface area contributed by atoms with Crippen molar-refractivity contribution in [3.05, 3.63) is 50.9 Å². The van der Waals surface area contributed by atoms with Crippen LogP contribution in [0.4, 0.5) is 0 Å². The van der Waals surface area contributed by atoms with Gasteiger partial charge in [-0.15, -0.1) is 11.3 Å². The van der Waals surface area contributed by atoms with Crippen LogP contribution in [0.2, 0.25) is 0 Å². The molecule has 3 aromatic rings. The van der Waals surface area contributed by atoms with E-state index in [-0.39, 0.29) is 11.5 Å². The molecule has 0 radical (unpaired) electrons. The lowest BCUT2D eigenvalue weighted by Crippen LogP contribution is -2.44. The molecule has 1 aliphatic heterocycles. The largest absolute Gasteiger partial charge is 0.339 e. The topological polar surface area (TPSA) is 68.1 Å². The fraction of sp³-hybridized carbons (Fsp3) is 0.478. The fourth-order valence-corrected chi connectivity index (χ4v) is 6.13. The summed E-state index contributed by atoms with van der Waals surface area (Å²) in [6.45, 7) is 7.30. The second-order valence-corrected chi connectivity index (χ2v) is 10.1. The van der Waals surface area contributed by atoms with Crippen molar-refractivity contribution in [2.24, 2.45) is 0 Å². The number of nitrogens with zero attached hydrogens (tertiary/aromatic N) is 4. The van der Waals surface area contributed by atoms with Crippen molar-refractivity contribution in [2.45, 2.75) is 64.2 Å². The third kappa shape index (κ3) is 4.55. The number of hydrogen-bond donors (Lipinski definition) is 0. The van der Waals surface area contributed by atoms with Crippen LogP contribution in [0.15, 0.2) is 34.3 Å². The molecule has 0 aliphatic carbocycles. The van der Waals surface area contributed by atoms with Crippen LogP contribution >= 0.6 is 23.1 Å². The van der Waals surface area contributed by atoms with Crippen LogP contribution in [-0.4, -0.2) is 43.7 Å². The molecule has 0 N–H and O–H groups in total. The summed E-state index contributed by atoms with van der Waals surface area (Å²) in [6, 6.07) is 6.01. The van der Waals surface area contributed by atoms with Crippen molar-refractivity contribution in [3.8, 4) is 0 Å². The number of aryl methyl sites for hydroxylation is 2. The molecule has 31 heavy (non-hydrogen) atoms. The second kappa shape index (κ2) is 9.53. The molecular formula is C23H28N4O2S2. The molecule has 1 saturated heterocycles. The van der Waals surface area contributed by atoms with Crippen molar-refractivity contribution in [1.29, 1.82) is 0 Å². The standard InChI is InChI=1S/C23H28N4O2S2/c1-4-18-10-6-8-12-26(18)19(28)14-30-23-25-21-20(15(2)16(3)31-21)22(29)27(23)13-17-9-5-7-11-24-17/h5,7,9,11,18H,4,6,8,10,12-14H2,1-3H3. The first kappa shape index (κ1) is 22.0. The number of likely N-dealkylation sites (tertiary alicyclic amines) is 1. The fourth-order valence-electron chi connectivity index (χ4n) is 4.17. The van der Waals surface area contributed by atoms with Gasteiger partial charge in [0.25, 0.3) is 5.56 Å². The normalized spacial score (nSPS) is 16.7. The number of aromatic nitrogens is 3. The van der Waals surface area contributed by atoms with Gasteiger partial charge in [-0.05, 0) is 57.2 Å². The molecule has 164 valence electrons. The molecule has 1 aliphatic rings. The van der Waals surface area contributed by atoms with Gasteiger partial charge in [0, 0.05) is 23.7 Å². The van der Waals surface area contributed by atoms with E-state index in [1.165, 1.54) is 29.5 Å². The van der Waals surface area contributed by atoms with Gasteiger partial charge < -0.3 is 4.90 Å². The van der Waals surface area contributed by atoms with Crippen molar-refractivity contribution in [2.75, 3.05) is 12.3 Å². The number of fused-ring (bicyclic) bond motifs is 1. The molecule has 1 amide bonds. The van der Waals surface area contributed by atoms with E-state index in [1.807, 2.05) is 36.9 Å². The molecule has 8 heteroatoms. The van der Waals surface area contributed by atoms with E-state index in [2.05, 4.69) is 11.9 Å². The zero-order chi connectivity index (χ0) is 22.0. The predicted octanol–water partition coefficient (Wildman–Crippen LogP) is 4.40. The van der Waals surface area contributed by atoms with Gasteiger partial charge in [0.2, 0.25) is 5.91 Å². The van der Waals surface area contributed by atoms with E-state index in [1.54, 1.807) is 10.8 Å². The number of thioether (sulfide) groups is 1. The van der Waals surface area contributed by atoms with E-state index in [9.17, 15) is 9.59 Å². The summed E-state index contributed by atoms with van der Waals surface area (Å²) in [7, 11) is 0. The third-order valence-corrected chi connectivity index (χ3v) is 8.11. The van der Waals surface area contributed by atoms with Gasteiger partial charge in [-0.2, -0.15) is 0 Å². The van der Waals surface area contributed by atoms with Gasteiger partial charge in [-0.1, -0.05) is 24.8 Å². The summed E-state index contributed by atoms with van der Waals surface area (Å²) < 4.78 is 1.68. The molecular weight excluding hydrogens is 428 g/mol. The highest BCUT2D eigenvalue weighted by Gasteiger charge is 2.26. The highest BCUT2D eigenvalue weighted by molar-refractivity contribution is 7.99. The van der Waals surface area contributed by atoms with Crippen LogP contribution in [0.5, 0.6) is 0 Å². The number of carbonyl (C=O) groups excluding carboxylic acids is 1. The number of hydrogen-bond acceptors (Lipinski definition) is 6. The Kier molecular flexibility index (Phi) is 6.77. The molecule has 0 saturated carbocycles. The van der Waals surface area contributed by atoms with Crippen LogP contribution < -0.4 is 5.56 Å². The lowest BCUT2D eigenvalue weighted by molar-refractivity contribution is -0.132. The Morgan fingerprint density at radius 2 is 2.13 bits per heavy atom. The van der Waals surface area contributed by atoms with Crippen LogP contribution in [0, 0.1) is 13.8 Å². The maximum Gasteiger partial charge on any atom is 0.263 e. The lowest BCUT2D eigenvalue weighted by atomic mass is 10.0. The van der Waals surface area contributed by atoms with E-state index in [0.717, 1.165) is 46.8 Å². The summed E-state index contributed by atoms with van der Waals surface area (Å²) >= 11 is 2.90. The minimum absolute atomic E-state index is 0.0585. The van der Waals surface area contributed by atoms with Gasteiger partial charge in [-0.25, -0.2) is 4.98 Å². The maximum absolute atomic E-state index is 13.4. The highest BCUT2D eigenvalue weighted by atomic mass is 32.2. The summed E-state index contributed by atoms with van der Waals surface area (Å²) in [5, 5.41) is 1.26. The lowest BCUT2D eigenvalue weighted by Gasteiger charge is -2.35. The van der Waals surface area contributed by atoms with Crippen LogP contribution in [0.1, 0.15) is 48.7 Å². The van der Waals surface area contributed by atoms with Crippen molar-refractivity contribution in [1.82, 2.24) is 19.4 Å². The molecule has 3 aromatic heterocycles. The molecule has 1 atom stereocenters. The Labute approximate surface area is 190 Å². The summed E-state index contributed by atoms with van der Waals surface area (Å²) in [5.74, 6) is 0.425. The Morgan fingerprint density at radius 1 is 1.29 bits per heavy atom. The molecule has 6 nitrogen and oxygen atoms in total. The number of rotatable bonds is 6. The third-order valence-electron chi connectivity index (χ3n) is 6.04. The quantitative estimate of drug-likeness (QED) is 0.406. The molecule has 0 aromatic carbocycles. The first-order valence-corrected chi connectivity index (χ1v) is 12.6. The van der Waals surface area contributed by atoms with Gasteiger partial charge in [0.05, 0.1) is 23.4 Å². The average Bonchev–Trinajstić information content (AvgIpc) is 3.08. The maximum atomic E-state index is 13.4. The van der Waals surface area contributed by atoms with Gasteiger partial charge in [0.1, 0.15) is 4.83 Å². The summed E-state index contributed by atoms with van der Waals surface area (Å²) in [5.41, 5.74) is 1.72. The van der Waals surface area contributed by atoms with Gasteiger partial charge >= 0.3 is 0 Å². The summed E-state index contributed by atoms with van der Waals surface area (Å²) in [6.07, 6.45) is 6.04. The SMILES string of the molecule is CCC1CCCCN1C(=O)CSc1nc2sc(C)c(C)c2c(=O)n1Cc1ccccn1. The zero-order valence-corrected chi connectivity index (χ0v) is 19.9. The molecule has 4 heterocycles. The first-order valence-electron chi connectivity index (χ1n) is 10.8. The Balaban J connectivity index is 1.66. The molecule has 1 unspecified atom stereocenters. The minimum atomic E-state index is -0.0585. The van der Waals surface area contributed by atoms with Crippen LogP contribution in [-0.2, 0) is 11.3 Å². The van der Waals surface area contributed by atoms with E-state index in [4.69, 9.17) is 4.98 Å². The molecule has 4 rings (SSSR count). The molecule has 1 fully saturated rings. The second-order valence-electron chi connectivity index (χ2n) is 8.00. The van der Waals surface area contributed by atoms with Gasteiger partial charge in [0.15, 0.2) is 5.16 Å². The summed E-state index contributed by atoms with van der Waals surface area (Å²) in [4.78, 5) is 39.5. The number of amides is 1. The smallest absolute Gasteiger partial charge is 0.263 e. The Hall–Kier alpha value is -2.19. The Morgan fingerprint density at radius 3 is 2.87 bits per heavy atom. The first-order chi connectivity index (χ1) is 15.0. The number of thiophene rings is 1. The van der Waals surface area contributed by atoms with E-state index >= 15 is 0 Å². The van der Waals surface area contributed by atoms with E-state index < -0.39 is 0 Å². The highest BCUT2D eigenvalue weighted by Crippen LogP contribution is 2.29. The average molecular weight is 457 g/mol. The van der Waals surface area contributed by atoms with Crippen molar-refractivity contribution >= 4 is 39.2 Å². The monoisotopic (exact) mass is 456 g/mol. The number of pyridine rings is 1. The van der Waals surface area contributed by atoms with Crippen molar-refractivity contribution < 1.29 is 4.79 Å². The number of carbonyl (C=O) groups is 1. The number of piperidine rings is 1. The minimum Gasteiger partial charge on any atom is -0.339 e. The molecule has 0 bridgehead atoms. The zero-order valence-electron chi connectivity index (χ0n) is 18.3. The van der Waals surface area contributed by atoms with Crippen LogP contribution in [0.25, 0.3) is 10.2 Å². The van der Waals surface area contributed by atoms with E-state index in [0.29, 0.717) is 28.9 Å². The molecule has 0 spiro atoms. The Bertz CT molecular complexity index is 1140. The predicted molar refractivity (Wildman–Crippen MR) is 127 cm³/mol. The van der Waals surface area contributed by atoms with Crippen LogP contribution in [0.3, 0.4) is 0 Å². The van der Waals surface area contributed by atoms with Gasteiger partial charge in [-0.3, -0.25) is 19.1 Å².